The van der Waals surface area contributed by atoms with Gasteiger partial charge in [0.2, 0.25) is 11.7 Å². The molecule has 0 aromatic heterocycles. The quantitative estimate of drug-likeness (QED) is 0.634. The third kappa shape index (κ3) is 5.51. The summed E-state index contributed by atoms with van der Waals surface area (Å²) in [6.45, 7) is 0.344. The monoisotopic (exact) mass is 399 g/mol. The molecule has 0 bridgehead atoms. The van der Waals surface area contributed by atoms with E-state index in [-0.39, 0.29) is 24.1 Å². The molecule has 1 aliphatic carbocycles. The van der Waals surface area contributed by atoms with Crippen LogP contribution < -0.4 is 14.2 Å². The van der Waals surface area contributed by atoms with Crippen molar-refractivity contribution in [2.45, 2.75) is 44.7 Å². The number of nitrogens with zero attached hydrogens (tertiary/aromatic N) is 1. The van der Waals surface area contributed by atoms with Crippen LogP contribution in [0.15, 0.2) is 12.1 Å². The van der Waals surface area contributed by atoms with Gasteiger partial charge in [-0.25, -0.2) is 8.42 Å². The van der Waals surface area contributed by atoms with Crippen LogP contribution in [0.3, 0.4) is 0 Å². The topological polar surface area (TPSA) is 82.1 Å². The number of carbonyl (C=O) groups is 1. The Kier molecular flexibility index (Phi) is 7.35. The SMILES string of the molecule is COc1ccc(CN(C(=O)CCS(C)(=O)=O)C2CCCC2)c(OC)c1OC. The van der Waals surface area contributed by atoms with Crippen LogP contribution in [0.2, 0.25) is 0 Å². The Morgan fingerprint density at radius 1 is 1.07 bits per heavy atom. The molecule has 0 heterocycles. The molecule has 0 radical (unpaired) electrons. The summed E-state index contributed by atoms with van der Waals surface area (Å²) >= 11 is 0. The van der Waals surface area contributed by atoms with Crippen LogP contribution in [0.5, 0.6) is 17.2 Å². The Morgan fingerprint density at radius 3 is 2.22 bits per heavy atom. The first kappa shape index (κ1) is 21.3. The number of hydrogen-bond acceptors (Lipinski definition) is 6. The van der Waals surface area contributed by atoms with Crippen molar-refractivity contribution in [2.24, 2.45) is 0 Å². The normalized spacial score (nSPS) is 14.8. The molecular formula is C19H29NO6S. The predicted octanol–water partition coefficient (Wildman–Crippen LogP) is 2.42. The summed E-state index contributed by atoms with van der Waals surface area (Å²) in [6.07, 6.45) is 5.15. The van der Waals surface area contributed by atoms with Gasteiger partial charge < -0.3 is 19.1 Å². The summed E-state index contributed by atoms with van der Waals surface area (Å²) in [5.74, 6) is 1.26. The van der Waals surface area contributed by atoms with Crippen LogP contribution in [0.4, 0.5) is 0 Å². The summed E-state index contributed by atoms with van der Waals surface area (Å²) in [5.41, 5.74) is 0.801. The summed E-state index contributed by atoms with van der Waals surface area (Å²) < 4.78 is 39.2. The van der Waals surface area contributed by atoms with Gasteiger partial charge in [0, 0.05) is 30.8 Å². The molecule has 7 nitrogen and oxygen atoms in total. The number of rotatable bonds is 9. The van der Waals surface area contributed by atoms with Gasteiger partial charge in [0.1, 0.15) is 9.84 Å². The van der Waals surface area contributed by atoms with Gasteiger partial charge in [0.25, 0.3) is 0 Å². The third-order valence-corrected chi connectivity index (χ3v) is 5.84. The first-order chi connectivity index (χ1) is 12.8. The Morgan fingerprint density at radius 2 is 1.70 bits per heavy atom. The van der Waals surface area contributed by atoms with E-state index >= 15 is 0 Å². The molecule has 1 saturated carbocycles. The number of benzene rings is 1. The van der Waals surface area contributed by atoms with Gasteiger partial charge in [0.05, 0.1) is 27.1 Å². The molecular weight excluding hydrogens is 370 g/mol. The van der Waals surface area contributed by atoms with Crippen LogP contribution in [0.25, 0.3) is 0 Å². The first-order valence-corrected chi connectivity index (χ1v) is 11.1. The molecule has 152 valence electrons. The standard InChI is InChI=1S/C19H29NO6S/c1-24-16-10-9-14(18(25-2)19(16)26-3)13-20(15-7-5-6-8-15)17(21)11-12-27(4,22)23/h9-10,15H,5-8,11-13H2,1-4H3. The van der Waals surface area contributed by atoms with Gasteiger partial charge in [0.15, 0.2) is 11.5 Å². The summed E-state index contributed by atoms with van der Waals surface area (Å²) in [7, 11) is 1.45. The minimum Gasteiger partial charge on any atom is -0.493 e. The maximum atomic E-state index is 12.8. The Bertz CT molecular complexity index is 756. The smallest absolute Gasteiger partial charge is 0.224 e. The molecule has 0 spiro atoms. The maximum absolute atomic E-state index is 12.8. The zero-order valence-corrected chi connectivity index (χ0v) is 17.3. The fourth-order valence-electron chi connectivity index (χ4n) is 3.52. The summed E-state index contributed by atoms with van der Waals surface area (Å²) in [6, 6.07) is 3.76. The number of hydrogen-bond donors (Lipinski definition) is 0. The lowest BCUT2D eigenvalue weighted by Crippen LogP contribution is -2.39. The highest BCUT2D eigenvalue weighted by molar-refractivity contribution is 7.90. The van der Waals surface area contributed by atoms with Crippen molar-refractivity contribution in [1.29, 1.82) is 0 Å². The highest BCUT2D eigenvalue weighted by Crippen LogP contribution is 2.40. The van der Waals surface area contributed by atoms with Crippen molar-refractivity contribution in [3.8, 4) is 17.2 Å². The van der Waals surface area contributed by atoms with E-state index in [0.717, 1.165) is 37.5 Å². The van der Waals surface area contributed by atoms with Crippen LogP contribution in [0.1, 0.15) is 37.7 Å². The average molecular weight is 400 g/mol. The first-order valence-electron chi connectivity index (χ1n) is 9.05. The van der Waals surface area contributed by atoms with Crippen molar-refractivity contribution in [1.82, 2.24) is 4.90 Å². The second-order valence-corrected chi connectivity index (χ2v) is 9.09. The van der Waals surface area contributed by atoms with Crippen molar-refractivity contribution >= 4 is 15.7 Å². The molecule has 1 amide bonds. The van der Waals surface area contributed by atoms with E-state index in [9.17, 15) is 13.2 Å². The Labute approximate surface area is 161 Å². The number of carbonyl (C=O) groups excluding carboxylic acids is 1. The van der Waals surface area contributed by atoms with E-state index in [1.54, 1.807) is 25.2 Å². The van der Waals surface area contributed by atoms with E-state index in [2.05, 4.69) is 0 Å². The van der Waals surface area contributed by atoms with Gasteiger partial charge in [-0.2, -0.15) is 0 Å². The molecule has 8 heteroatoms. The minimum atomic E-state index is -3.19. The third-order valence-electron chi connectivity index (χ3n) is 4.90. The molecule has 0 N–H and O–H groups in total. The average Bonchev–Trinajstić information content (AvgIpc) is 3.16. The fraction of sp³-hybridized carbons (Fsp3) is 0.632. The molecule has 0 atom stereocenters. The predicted molar refractivity (Wildman–Crippen MR) is 103 cm³/mol. The minimum absolute atomic E-state index is 0.00899. The molecule has 1 aliphatic rings. The zero-order chi connectivity index (χ0) is 20.0. The Hall–Kier alpha value is -1.96. The van der Waals surface area contributed by atoms with Crippen LogP contribution in [-0.4, -0.2) is 58.6 Å². The molecule has 1 fully saturated rings. The lowest BCUT2D eigenvalue weighted by Gasteiger charge is -2.30. The molecule has 0 saturated heterocycles. The van der Waals surface area contributed by atoms with Crippen molar-refractivity contribution < 1.29 is 27.4 Å². The van der Waals surface area contributed by atoms with Crippen LogP contribution >= 0.6 is 0 Å². The zero-order valence-electron chi connectivity index (χ0n) is 16.5. The Balaban J connectivity index is 2.30. The number of sulfone groups is 1. The molecule has 27 heavy (non-hydrogen) atoms. The molecule has 0 aliphatic heterocycles. The molecule has 0 unspecified atom stereocenters. The van der Waals surface area contributed by atoms with Gasteiger partial charge in [-0.1, -0.05) is 12.8 Å². The second-order valence-electron chi connectivity index (χ2n) is 6.83. The number of amides is 1. The molecule has 2 rings (SSSR count). The van der Waals surface area contributed by atoms with Gasteiger partial charge in [-0.3, -0.25) is 4.79 Å². The summed E-state index contributed by atoms with van der Waals surface area (Å²) in [5, 5.41) is 0. The largest absolute Gasteiger partial charge is 0.493 e. The van der Waals surface area contributed by atoms with Crippen LogP contribution in [0, 0.1) is 0 Å². The molecule has 1 aromatic rings. The maximum Gasteiger partial charge on any atom is 0.224 e. The van der Waals surface area contributed by atoms with E-state index < -0.39 is 9.84 Å². The van der Waals surface area contributed by atoms with E-state index in [0.29, 0.717) is 23.8 Å². The number of ether oxygens (including phenoxy) is 3. The molecule has 1 aromatic carbocycles. The van der Waals surface area contributed by atoms with E-state index in [1.165, 1.54) is 7.11 Å². The fourth-order valence-corrected chi connectivity index (χ4v) is 4.07. The highest BCUT2D eigenvalue weighted by Gasteiger charge is 2.29. The number of methoxy groups -OCH3 is 3. The van der Waals surface area contributed by atoms with Crippen molar-refractivity contribution in [3.05, 3.63) is 17.7 Å². The lowest BCUT2D eigenvalue weighted by atomic mass is 10.1. The van der Waals surface area contributed by atoms with Crippen molar-refractivity contribution in [2.75, 3.05) is 33.3 Å². The van der Waals surface area contributed by atoms with Crippen LogP contribution in [-0.2, 0) is 21.2 Å². The van der Waals surface area contributed by atoms with E-state index in [1.807, 2.05) is 6.07 Å². The van der Waals surface area contributed by atoms with Gasteiger partial charge >= 0.3 is 0 Å². The van der Waals surface area contributed by atoms with Crippen molar-refractivity contribution in [3.63, 3.8) is 0 Å². The lowest BCUT2D eigenvalue weighted by molar-refractivity contribution is -0.133. The summed E-state index contributed by atoms with van der Waals surface area (Å²) in [4.78, 5) is 14.6. The van der Waals surface area contributed by atoms with Gasteiger partial charge in [-0.05, 0) is 25.0 Å². The highest BCUT2D eigenvalue weighted by atomic mass is 32.2. The second kappa shape index (κ2) is 9.30. The van der Waals surface area contributed by atoms with Gasteiger partial charge in [-0.15, -0.1) is 0 Å². The van der Waals surface area contributed by atoms with E-state index in [4.69, 9.17) is 14.2 Å².